The van der Waals surface area contributed by atoms with Crippen molar-refractivity contribution < 1.29 is 17.9 Å². The SMILES string of the molecule is COc1ccccc1NS(=O)(=O)c1cccc(NC(=O)c2ccc(C(C)C)cc2)c1. The standard InChI is InChI=1S/C23H24N2O4S/c1-16(2)17-11-13-18(14-12-17)23(26)24-19-7-6-8-20(15-19)30(27,28)25-21-9-4-5-10-22(21)29-3/h4-16,25H,1-3H3,(H,24,26). The number of hydrogen-bond donors (Lipinski definition) is 2. The number of carbonyl (C=O) groups is 1. The molecule has 30 heavy (non-hydrogen) atoms. The van der Waals surface area contributed by atoms with Crippen molar-refractivity contribution in [2.24, 2.45) is 0 Å². The monoisotopic (exact) mass is 424 g/mol. The number of hydrogen-bond acceptors (Lipinski definition) is 4. The number of benzene rings is 3. The molecule has 0 fully saturated rings. The van der Waals surface area contributed by atoms with Gasteiger partial charge in [0.05, 0.1) is 17.7 Å². The molecule has 3 aromatic carbocycles. The van der Waals surface area contributed by atoms with Crippen LogP contribution in [-0.4, -0.2) is 21.4 Å². The summed E-state index contributed by atoms with van der Waals surface area (Å²) in [4.78, 5) is 12.6. The number of nitrogens with one attached hydrogen (secondary N) is 2. The molecule has 3 aromatic rings. The number of rotatable bonds is 7. The summed E-state index contributed by atoms with van der Waals surface area (Å²) in [5.41, 5.74) is 2.36. The lowest BCUT2D eigenvalue weighted by Crippen LogP contribution is -2.15. The van der Waals surface area contributed by atoms with Gasteiger partial charge in [-0.1, -0.05) is 44.2 Å². The number of ether oxygens (including phenoxy) is 1. The average molecular weight is 425 g/mol. The van der Waals surface area contributed by atoms with Crippen LogP contribution in [0.4, 0.5) is 11.4 Å². The summed E-state index contributed by atoms with van der Waals surface area (Å²) in [6.45, 7) is 4.17. The van der Waals surface area contributed by atoms with Crippen molar-refractivity contribution in [2.75, 3.05) is 17.1 Å². The lowest BCUT2D eigenvalue weighted by atomic mass is 10.0. The van der Waals surface area contributed by atoms with E-state index in [4.69, 9.17) is 4.74 Å². The summed E-state index contributed by atoms with van der Waals surface area (Å²) in [5, 5.41) is 2.75. The van der Waals surface area contributed by atoms with Crippen LogP contribution in [0.3, 0.4) is 0 Å². The molecule has 0 aliphatic heterocycles. The van der Waals surface area contributed by atoms with Crippen molar-refractivity contribution >= 4 is 27.3 Å². The van der Waals surface area contributed by atoms with Crippen LogP contribution in [-0.2, 0) is 10.0 Å². The lowest BCUT2D eigenvalue weighted by Gasteiger charge is -2.13. The summed E-state index contributed by atoms with van der Waals surface area (Å²) >= 11 is 0. The van der Waals surface area contributed by atoms with E-state index in [1.807, 2.05) is 12.1 Å². The number of carbonyl (C=O) groups excluding carboxylic acids is 1. The Morgan fingerprint density at radius 2 is 1.63 bits per heavy atom. The fraction of sp³-hybridized carbons (Fsp3) is 0.174. The van der Waals surface area contributed by atoms with Crippen LogP contribution >= 0.6 is 0 Å². The van der Waals surface area contributed by atoms with Crippen LogP contribution in [0, 0.1) is 0 Å². The molecule has 0 radical (unpaired) electrons. The fourth-order valence-corrected chi connectivity index (χ4v) is 4.01. The maximum Gasteiger partial charge on any atom is 0.262 e. The van der Waals surface area contributed by atoms with Gasteiger partial charge in [-0.3, -0.25) is 9.52 Å². The number of sulfonamides is 1. The minimum atomic E-state index is -3.87. The summed E-state index contributed by atoms with van der Waals surface area (Å²) in [5.74, 6) is 0.479. The Hall–Kier alpha value is -3.32. The van der Waals surface area contributed by atoms with E-state index in [0.29, 0.717) is 28.6 Å². The molecule has 156 valence electrons. The highest BCUT2D eigenvalue weighted by Gasteiger charge is 2.17. The van der Waals surface area contributed by atoms with Gasteiger partial charge < -0.3 is 10.1 Å². The zero-order chi connectivity index (χ0) is 21.7. The molecular formula is C23H24N2O4S. The van der Waals surface area contributed by atoms with Gasteiger partial charge in [-0.15, -0.1) is 0 Å². The van der Waals surface area contributed by atoms with Crippen LogP contribution in [0.1, 0.15) is 35.7 Å². The highest BCUT2D eigenvalue weighted by atomic mass is 32.2. The second-order valence-corrected chi connectivity index (χ2v) is 8.75. The summed E-state index contributed by atoms with van der Waals surface area (Å²) < 4.78 is 33.3. The van der Waals surface area contributed by atoms with Gasteiger partial charge in [0.2, 0.25) is 0 Å². The first-order valence-corrected chi connectivity index (χ1v) is 11.0. The van der Waals surface area contributed by atoms with E-state index in [0.717, 1.165) is 5.56 Å². The highest BCUT2D eigenvalue weighted by molar-refractivity contribution is 7.92. The van der Waals surface area contributed by atoms with Crippen molar-refractivity contribution in [3.63, 3.8) is 0 Å². The first-order chi connectivity index (χ1) is 14.3. The van der Waals surface area contributed by atoms with E-state index in [-0.39, 0.29) is 10.8 Å². The second-order valence-electron chi connectivity index (χ2n) is 7.06. The third-order valence-corrected chi connectivity index (χ3v) is 5.96. The zero-order valence-corrected chi connectivity index (χ0v) is 17.9. The van der Waals surface area contributed by atoms with Gasteiger partial charge in [0.1, 0.15) is 5.75 Å². The van der Waals surface area contributed by atoms with Gasteiger partial charge >= 0.3 is 0 Å². The molecule has 0 aliphatic carbocycles. The Balaban J connectivity index is 1.79. The molecule has 0 spiro atoms. The normalized spacial score (nSPS) is 11.2. The van der Waals surface area contributed by atoms with E-state index in [1.165, 1.54) is 19.2 Å². The molecule has 0 aliphatic rings. The van der Waals surface area contributed by atoms with E-state index in [1.54, 1.807) is 48.5 Å². The third kappa shape index (κ3) is 4.99. The quantitative estimate of drug-likeness (QED) is 0.567. The van der Waals surface area contributed by atoms with Crippen LogP contribution < -0.4 is 14.8 Å². The maximum absolute atomic E-state index is 12.8. The van der Waals surface area contributed by atoms with Crippen molar-refractivity contribution in [3.05, 3.63) is 83.9 Å². The second kappa shape index (κ2) is 9.00. The Morgan fingerprint density at radius 3 is 2.30 bits per heavy atom. The van der Waals surface area contributed by atoms with E-state index in [2.05, 4.69) is 23.9 Å². The summed E-state index contributed by atoms with van der Waals surface area (Å²) in [6, 6.07) is 20.2. The Kier molecular flexibility index (Phi) is 6.42. The topological polar surface area (TPSA) is 84.5 Å². The number of methoxy groups -OCH3 is 1. The van der Waals surface area contributed by atoms with Crippen LogP contribution in [0.2, 0.25) is 0 Å². The Morgan fingerprint density at radius 1 is 0.933 bits per heavy atom. The highest BCUT2D eigenvalue weighted by Crippen LogP contribution is 2.27. The first-order valence-electron chi connectivity index (χ1n) is 9.47. The fourth-order valence-electron chi connectivity index (χ4n) is 2.90. The first kappa shape index (κ1) is 21.4. The molecular weight excluding hydrogens is 400 g/mol. The molecule has 2 N–H and O–H groups in total. The smallest absolute Gasteiger partial charge is 0.262 e. The predicted octanol–water partition coefficient (Wildman–Crippen LogP) is 4.87. The van der Waals surface area contributed by atoms with E-state index < -0.39 is 10.0 Å². The van der Waals surface area contributed by atoms with Gasteiger partial charge in [0.25, 0.3) is 15.9 Å². The summed E-state index contributed by atoms with van der Waals surface area (Å²) in [6.07, 6.45) is 0. The van der Waals surface area contributed by atoms with Gasteiger partial charge in [-0.2, -0.15) is 0 Å². The molecule has 0 aromatic heterocycles. The Bertz CT molecular complexity index is 1140. The molecule has 0 unspecified atom stereocenters. The van der Waals surface area contributed by atoms with Crippen molar-refractivity contribution in [1.29, 1.82) is 0 Å². The largest absolute Gasteiger partial charge is 0.495 e. The van der Waals surface area contributed by atoms with E-state index in [9.17, 15) is 13.2 Å². The number of para-hydroxylation sites is 2. The Labute approximate surface area is 177 Å². The van der Waals surface area contributed by atoms with Gasteiger partial charge in [-0.25, -0.2) is 8.42 Å². The molecule has 1 amide bonds. The lowest BCUT2D eigenvalue weighted by molar-refractivity contribution is 0.102. The molecule has 0 bridgehead atoms. The summed E-state index contributed by atoms with van der Waals surface area (Å²) in [7, 11) is -2.40. The predicted molar refractivity (Wildman–Crippen MR) is 119 cm³/mol. The van der Waals surface area contributed by atoms with Crippen LogP contribution in [0.15, 0.2) is 77.7 Å². The van der Waals surface area contributed by atoms with Crippen molar-refractivity contribution in [1.82, 2.24) is 0 Å². The number of anilines is 2. The minimum absolute atomic E-state index is 0.0290. The van der Waals surface area contributed by atoms with Gasteiger partial charge in [0.15, 0.2) is 0 Å². The molecule has 0 saturated carbocycles. The van der Waals surface area contributed by atoms with Gasteiger partial charge in [-0.05, 0) is 53.9 Å². The molecule has 6 nitrogen and oxygen atoms in total. The maximum atomic E-state index is 12.8. The average Bonchev–Trinajstić information content (AvgIpc) is 2.74. The van der Waals surface area contributed by atoms with Gasteiger partial charge in [0, 0.05) is 11.3 Å². The molecule has 0 saturated heterocycles. The van der Waals surface area contributed by atoms with Crippen molar-refractivity contribution in [2.45, 2.75) is 24.7 Å². The molecule has 0 heterocycles. The van der Waals surface area contributed by atoms with Crippen LogP contribution in [0.25, 0.3) is 0 Å². The van der Waals surface area contributed by atoms with Crippen molar-refractivity contribution in [3.8, 4) is 5.75 Å². The minimum Gasteiger partial charge on any atom is -0.495 e. The molecule has 7 heteroatoms. The third-order valence-electron chi connectivity index (χ3n) is 4.59. The van der Waals surface area contributed by atoms with Crippen LogP contribution in [0.5, 0.6) is 5.75 Å². The zero-order valence-electron chi connectivity index (χ0n) is 17.0. The number of amides is 1. The molecule has 3 rings (SSSR count). The molecule has 0 atom stereocenters. The van der Waals surface area contributed by atoms with E-state index >= 15 is 0 Å².